The fraction of sp³-hybridized carbons (Fsp3) is 0.571. The van der Waals surface area contributed by atoms with Crippen molar-refractivity contribution in [3.63, 3.8) is 0 Å². The third-order valence-electron chi connectivity index (χ3n) is 6.68. The van der Waals surface area contributed by atoms with E-state index in [9.17, 15) is 28.6 Å². The molecule has 2 amide bonds. The topological polar surface area (TPSA) is 116 Å². The summed E-state index contributed by atoms with van der Waals surface area (Å²) in [5.74, 6) is -3.39. The predicted octanol–water partition coefficient (Wildman–Crippen LogP) is 2.85. The van der Waals surface area contributed by atoms with Crippen molar-refractivity contribution in [1.29, 1.82) is 0 Å². The maximum absolute atomic E-state index is 14.0. The van der Waals surface area contributed by atoms with Gasteiger partial charge >= 0.3 is 0 Å². The van der Waals surface area contributed by atoms with Crippen molar-refractivity contribution < 1.29 is 28.6 Å². The number of aliphatic hydroxyl groups excluding tert-OH is 2. The summed E-state index contributed by atoms with van der Waals surface area (Å²) in [6.07, 6.45) is 2.99. The molecule has 0 fully saturated rings. The molecule has 1 aliphatic carbocycles. The van der Waals surface area contributed by atoms with E-state index < -0.39 is 41.1 Å². The molecule has 206 valence electrons. The molecule has 0 spiro atoms. The first-order valence-electron chi connectivity index (χ1n) is 12.9. The van der Waals surface area contributed by atoms with Gasteiger partial charge in [-0.05, 0) is 57.2 Å². The summed E-state index contributed by atoms with van der Waals surface area (Å²) < 4.78 is 28.1. The number of aliphatic hydroxyl groups is 2. The van der Waals surface area contributed by atoms with Gasteiger partial charge in [0.1, 0.15) is 11.6 Å². The standard InChI is InChI=1S/C28H41F2N3O4/c1-5-7-33(8-6-2)26(36)21-9-18(3)14-28(15-21,27(31)37)24(25(35)17-32-16-19(4)34)12-20-10-22(29)13-23(30)11-20/h9-11,13-14,19,24-25,32,34-35H,5-8,12,15-17H2,1-4H3,(H2,31,37)/t19-,24-,25+,28?/m1/s1. The van der Waals surface area contributed by atoms with Crippen LogP contribution in [0.3, 0.4) is 0 Å². The zero-order valence-electron chi connectivity index (χ0n) is 22.3. The third kappa shape index (κ3) is 8.18. The van der Waals surface area contributed by atoms with Crippen LogP contribution in [-0.2, 0) is 16.0 Å². The van der Waals surface area contributed by atoms with Gasteiger partial charge in [0.05, 0.1) is 17.6 Å². The molecule has 1 aromatic rings. The van der Waals surface area contributed by atoms with E-state index >= 15 is 0 Å². The Morgan fingerprint density at radius 3 is 2.22 bits per heavy atom. The zero-order chi connectivity index (χ0) is 27.8. The lowest BCUT2D eigenvalue weighted by molar-refractivity contribution is -0.132. The number of rotatable bonds is 14. The van der Waals surface area contributed by atoms with Crippen LogP contribution in [0, 0.1) is 23.0 Å². The Labute approximate surface area is 218 Å². The van der Waals surface area contributed by atoms with Gasteiger partial charge in [0.15, 0.2) is 0 Å². The second-order valence-corrected chi connectivity index (χ2v) is 10.1. The monoisotopic (exact) mass is 521 g/mol. The normalized spacial score (nSPS) is 20.0. The van der Waals surface area contributed by atoms with Gasteiger partial charge in [0, 0.05) is 43.7 Å². The molecular weight excluding hydrogens is 480 g/mol. The van der Waals surface area contributed by atoms with E-state index in [1.165, 1.54) is 0 Å². The molecule has 0 saturated heterocycles. The quantitative estimate of drug-likeness (QED) is 0.301. The van der Waals surface area contributed by atoms with Crippen molar-refractivity contribution in [2.24, 2.45) is 17.1 Å². The molecule has 1 aliphatic rings. The number of primary amides is 1. The SMILES string of the molecule is CCCN(CCC)C(=O)C1=CC(C)=CC(C(N)=O)([C@H](Cc2cc(F)cc(F)c2)[C@@H](O)CNC[C@@H](C)O)C1. The van der Waals surface area contributed by atoms with Crippen LogP contribution in [0.5, 0.6) is 0 Å². The first-order valence-corrected chi connectivity index (χ1v) is 12.9. The van der Waals surface area contributed by atoms with Crippen molar-refractivity contribution in [3.05, 3.63) is 58.7 Å². The van der Waals surface area contributed by atoms with E-state index in [4.69, 9.17) is 5.73 Å². The van der Waals surface area contributed by atoms with Crippen LogP contribution in [0.2, 0.25) is 0 Å². The summed E-state index contributed by atoms with van der Waals surface area (Å²) >= 11 is 0. The maximum Gasteiger partial charge on any atom is 0.249 e. The molecule has 0 aliphatic heterocycles. The van der Waals surface area contributed by atoms with Gasteiger partial charge < -0.3 is 26.2 Å². The summed E-state index contributed by atoms with van der Waals surface area (Å²) in [5, 5.41) is 23.8. The van der Waals surface area contributed by atoms with Gasteiger partial charge in [-0.2, -0.15) is 0 Å². The fourth-order valence-corrected chi connectivity index (χ4v) is 5.14. The summed E-state index contributed by atoms with van der Waals surface area (Å²) in [4.78, 5) is 28.4. The van der Waals surface area contributed by atoms with E-state index in [1.54, 1.807) is 30.9 Å². The van der Waals surface area contributed by atoms with Crippen molar-refractivity contribution >= 4 is 11.8 Å². The molecule has 37 heavy (non-hydrogen) atoms. The average molecular weight is 522 g/mol. The number of carbonyl (C=O) groups is 2. The Bertz CT molecular complexity index is 985. The van der Waals surface area contributed by atoms with Crippen LogP contribution >= 0.6 is 0 Å². The fourth-order valence-electron chi connectivity index (χ4n) is 5.14. The van der Waals surface area contributed by atoms with E-state index in [1.807, 2.05) is 13.8 Å². The van der Waals surface area contributed by atoms with Crippen LogP contribution < -0.4 is 11.1 Å². The highest BCUT2D eigenvalue weighted by Gasteiger charge is 2.48. The van der Waals surface area contributed by atoms with E-state index in [0.717, 1.165) is 31.0 Å². The molecule has 5 N–H and O–H groups in total. The second kappa shape index (κ2) is 13.8. The van der Waals surface area contributed by atoms with Crippen LogP contribution in [0.1, 0.15) is 52.5 Å². The minimum Gasteiger partial charge on any atom is -0.392 e. The summed E-state index contributed by atoms with van der Waals surface area (Å²) in [6.45, 7) is 8.63. The molecule has 0 bridgehead atoms. The van der Waals surface area contributed by atoms with Crippen LogP contribution in [0.25, 0.3) is 0 Å². The number of hydrogen-bond donors (Lipinski definition) is 4. The first-order chi connectivity index (χ1) is 17.4. The van der Waals surface area contributed by atoms with E-state index in [-0.39, 0.29) is 37.4 Å². The number of nitrogens with two attached hydrogens (primary N) is 1. The number of halogens is 2. The van der Waals surface area contributed by atoms with Gasteiger partial charge in [-0.3, -0.25) is 9.59 Å². The first kappa shape index (κ1) is 30.6. The Morgan fingerprint density at radius 2 is 1.70 bits per heavy atom. The highest BCUT2D eigenvalue weighted by molar-refractivity contribution is 5.96. The lowest BCUT2D eigenvalue weighted by Gasteiger charge is -2.42. The Hall–Kier alpha value is -2.62. The number of nitrogens with one attached hydrogen (secondary N) is 1. The molecule has 7 nitrogen and oxygen atoms in total. The lowest BCUT2D eigenvalue weighted by Crippen LogP contribution is -2.52. The number of amides is 2. The number of allylic oxidation sites excluding steroid dienone is 2. The largest absolute Gasteiger partial charge is 0.392 e. The van der Waals surface area contributed by atoms with E-state index in [2.05, 4.69) is 5.32 Å². The van der Waals surface area contributed by atoms with Crippen molar-refractivity contribution in [2.45, 2.75) is 65.6 Å². The average Bonchev–Trinajstić information content (AvgIpc) is 2.80. The molecular formula is C28H41F2N3O4. The minimum atomic E-state index is -1.48. The lowest BCUT2D eigenvalue weighted by atomic mass is 9.63. The van der Waals surface area contributed by atoms with E-state index in [0.29, 0.717) is 24.2 Å². The molecule has 0 saturated carbocycles. The molecule has 0 aromatic heterocycles. The van der Waals surface area contributed by atoms with Gasteiger partial charge in [-0.15, -0.1) is 0 Å². The van der Waals surface area contributed by atoms with Crippen LogP contribution in [-0.4, -0.2) is 65.3 Å². The van der Waals surface area contributed by atoms with Crippen LogP contribution in [0.15, 0.2) is 41.5 Å². The molecule has 2 rings (SSSR count). The molecule has 4 atom stereocenters. The molecule has 1 unspecified atom stereocenters. The second-order valence-electron chi connectivity index (χ2n) is 10.1. The van der Waals surface area contributed by atoms with Gasteiger partial charge in [-0.25, -0.2) is 8.78 Å². The molecule has 0 heterocycles. The number of benzene rings is 1. The van der Waals surface area contributed by atoms with Gasteiger partial charge in [-0.1, -0.05) is 31.6 Å². The maximum atomic E-state index is 14.0. The highest BCUT2D eigenvalue weighted by atomic mass is 19.1. The Balaban J connectivity index is 2.54. The molecule has 0 radical (unpaired) electrons. The minimum absolute atomic E-state index is 0.0000701. The number of nitrogens with zero attached hydrogens (tertiary/aromatic N) is 1. The van der Waals surface area contributed by atoms with Gasteiger partial charge in [0.2, 0.25) is 11.8 Å². The Morgan fingerprint density at radius 1 is 1.11 bits per heavy atom. The smallest absolute Gasteiger partial charge is 0.249 e. The van der Waals surface area contributed by atoms with Gasteiger partial charge in [0.25, 0.3) is 0 Å². The van der Waals surface area contributed by atoms with Crippen molar-refractivity contribution in [2.75, 3.05) is 26.2 Å². The molecule has 1 aromatic carbocycles. The van der Waals surface area contributed by atoms with Crippen molar-refractivity contribution in [3.8, 4) is 0 Å². The number of hydrogen-bond acceptors (Lipinski definition) is 5. The zero-order valence-corrected chi connectivity index (χ0v) is 22.3. The predicted molar refractivity (Wildman–Crippen MR) is 139 cm³/mol. The highest BCUT2D eigenvalue weighted by Crippen LogP contribution is 2.44. The summed E-state index contributed by atoms with van der Waals surface area (Å²) in [7, 11) is 0. The van der Waals surface area contributed by atoms with Crippen LogP contribution in [0.4, 0.5) is 8.78 Å². The van der Waals surface area contributed by atoms with Crippen molar-refractivity contribution in [1.82, 2.24) is 10.2 Å². The number of carbonyl (C=O) groups excluding carboxylic acids is 2. The summed E-state index contributed by atoms with van der Waals surface area (Å²) in [5.41, 5.74) is 5.81. The third-order valence-corrected chi connectivity index (χ3v) is 6.68. The molecule has 9 heteroatoms. The summed E-state index contributed by atoms with van der Waals surface area (Å²) in [6, 6.07) is 3.07. The Kier molecular flexibility index (Phi) is 11.4.